The van der Waals surface area contributed by atoms with Crippen LogP contribution in [0.4, 0.5) is 0 Å². The molecule has 0 spiro atoms. The van der Waals surface area contributed by atoms with Crippen molar-refractivity contribution >= 4 is 0 Å². The van der Waals surface area contributed by atoms with Crippen molar-refractivity contribution in [1.29, 1.82) is 0 Å². The molecule has 1 unspecified atom stereocenters. The predicted octanol–water partition coefficient (Wildman–Crippen LogP) is 1.60. The Morgan fingerprint density at radius 1 is 1.31 bits per heavy atom. The van der Waals surface area contributed by atoms with E-state index in [9.17, 15) is 0 Å². The molecule has 1 aliphatic rings. The fourth-order valence-electron chi connectivity index (χ4n) is 2.38. The van der Waals surface area contributed by atoms with Gasteiger partial charge in [0.15, 0.2) is 0 Å². The Labute approximate surface area is 100 Å². The van der Waals surface area contributed by atoms with Gasteiger partial charge in [0.25, 0.3) is 0 Å². The molecule has 1 atom stereocenters. The standard InChI is InChI=1S/C13H28N2O/c1-11-4-6-12(7-5-11)15(3)9-8-13(2,14)10-16/h11-12,16H,4-10,14H2,1-3H3. The molecule has 0 bridgehead atoms. The second-order valence-corrected chi connectivity index (χ2v) is 5.96. The number of hydrogen-bond acceptors (Lipinski definition) is 3. The Balaban J connectivity index is 2.27. The number of rotatable bonds is 5. The fraction of sp³-hybridized carbons (Fsp3) is 1.00. The topological polar surface area (TPSA) is 49.5 Å². The van der Waals surface area contributed by atoms with Crippen LogP contribution in [0.15, 0.2) is 0 Å². The predicted molar refractivity (Wildman–Crippen MR) is 68.3 cm³/mol. The molecule has 0 aromatic heterocycles. The zero-order valence-electron chi connectivity index (χ0n) is 11.1. The van der Waals surface area contributed by atoms with Gasteiger partial charge in [-0.2, -0.15) is 0 Å². The van der Waals surface area contributed by atoms with Crippen LogP contribution < -0.4 is 5.73 Å². The lowest BCUT2D eigenvalue weighted by Crippen LogP contribution is -2.45. The normalized spacial score (nSPS) is 30.4. The molecule has 1 rings (SSSR count). The Kier molecular flexibility index (Phi) is 5.22. The SMILES string of the molecule is CC1CCC(N(C)CCC(C)(N)CO)CC1. The minimum atomic E-state index is -0.420. The zero-order valence-corrected chi connectivity index (χ0v) is 11.1. The van der Waals surface area contributed by atoms with Crippen molar-refractivity contribution in [2.45, 2.75) is 57.5 Å². The van der Waals surface area contributed by atoms with Gasteiger partial charge in [-0.1, -0.05) is 6.92 Å². The van der Waals surface area contributed by atoms with Gasteiger partial charge >= 0.3 is 0 Å². The highest BCUT2D eigenvalue weighted by atomic mass is 16.3. The second-order valence-electron chi connectivity index (χ2n) is 5.96. The lowest BCUT2D eigenvalue weighted by atomic mass is 9.86. The van der Waals surface area contributed by atoms with Crippen LogP contribution in [-0.4, -0.2) is 41.8 Å². The molecule has 0 aliphatic heterocycles. The van der Waals surface area contributed by atoms with Crippen molar-refractivity contribution in [3.63, 3.8) is 0 Å². The second kappa shape index (κ2) is 5.99. The summed E-state index contributed by atoms with van der Waals surface area (Å²) in [5, 5.41) is 9.11. The van der Waals surface area contributed by atoms with E-state index in [1.165, 1.54) is 25.7 Å². The van der Waals surface area contributed by atoms with Crippen LogP contribution in [0, 0.1) is 5.92 Å². The van der Waals surface area contributed by atoms with Gasteiger partial charge in [-0.3, -0.25) is 0 Å². The molecule has 0 aromatic carbocycles. The van der Waals surface area contributed by atoms with E-state index in [1.54, 1.807) is 0 Å². The first-order valence-corrected chi connectivity index (χ1v) is 6.54. The highest BCUT2D eigenvalue weighted by Gasteiger charge is 2.23. The van der Waals surface area contributed by atoms with Crippen molar-refractivity contribution in [2.24, 2.45) is 11.7 Å². The van der Waals surface area contributed by atoms with Gasteiger partial charge in [0.1, 0.15) is 0 Å². The van der Waals surface area contributed by atoms with Crippen LogP contribution in [0.5, 0.6) is 0 Å². The van der Waals surface area contributed by atoms with E-state index in [-0.39, 0.29) is 6.61 Å². The molecular weight excluding hydrogens is 200 g/mol. The third-order valence-corrected chi connectivity index (χ3v) is 4.01. The van der Waals surface area contributed by atoms with Crippen LogP contribution in [0.1, 0.15) is 46.0 Å². The van der Waals surface area contributed by atoms with Crippen molar-refractivity contribution in [3.05, 3.63) is 0 Å². The lowest BCUT2D eigenvalue weighted by molar-refractivity contribution is 0.140. The maximum absolute atomic E-state index is 9.11. The largest absolute Gasteiger partial charge is 0.394 e. The maximum atomic E-state index is 9.11. The number of nitrogens with two attached hydrogens (primary N) is 1. The van der Waals surface area contributed by atoms with Gasteiger partial charge in [0.2, 0.25) is 0 Å². The number of nitrogens with zero attached hydrogens (tertiary/aromatic N) is 1. The molecule has 3 nitrogen and oxygen atoms in total. The van der Waals surface area contributed by atoms with Crippen molar-refractivity contribution in [3.8, 4) is 0 Å². The van der Waals surface area contributed by atoms with Crippen molar-refractivity contribution < 1.29 is 5.11 Å². The smallest absolute Gasteiger partial charge is 0.0608 e. The molecular formula is C13H28N2O. The van der Waals surface area contributed by atoms with E-state index in [0.717, 1.165) is 24.9 Å². The van der Waals surface area contributed by atoms with Crippen LogP contribution in [0.25, 0.3) is 0 Å². The van der Waals surface area contributed by atoms with E-state index in [4.69, 9.17) is 10.8 Å². The minimum absolute atomic E-state index is 0.0720. The molecule has 1 fully saturated rings. The van der Waals surface area contributed by atoms with E-state index < -0.39 is 5.54 Å². The Morgan fingerprint density at radius 2 is 1.88 bits per heavy atom. The fourth-order valence-corrected chi connectivity index (χ4v) is 2.38. The third kappa shape index (κ3) is 4.40. The third-order valence-electron chi connectivity index (χ3n) is 4.01. The first-order chi connectivity index (χ1) is 7.44. The summed E-state index contributed by atoms with van der Waals surface area (Å²) in [4.78, 5) is 2.42. The highest BCUT2D eigenvalue weighted by Crippen LogP contribution is 2.26. The maximum Gasteiger partial charge on any atom is 0.0608 e. The first kappa shape index (κ1) is 13.9. The Bertz CT molecular complexity index is 198. The summed E-state index contributed by atoms with van der Waals surface area (Å²) in [7, 11) is 2.19. The first-order valence-electron chi connectivity index (χ1n) is 6.54. The van der Waals surface area contributed by atoms with E-state index in [2.05, 4.69) is 18.9 Å². The minimum Gasteiger partial charge on any atom is -0.394 e. The van der Waals surface area contributed by atoms with Crippen LogP contribution in [-0.2, 0) is 0 Å². The monoisotopic (exact) mass is 228 g/mol. The Morgan fingerprint density at radius 3 is 2.38 bits per heavy atom. The molecule has 3 N–H and O–H groups in total. The molecule has 1 saturated carbocycles. The lowest BCUT2D eigenvalue weighted by Gasteiger charge is -2.35. The molecule has 0 radical (unpaired) electrons. The molecule has 16 heavy (non-hydrogen) atoms. The van der Waals surface area contributed by atoms with Gasteiger partial charge in [0.05, 0.1) is 6.61 Å². The summed E-state index contributed by atoms with van der Waals surface area (Å²) in [6.07, 6.45) is 6.21. The van der Waals surface area contributed by atoms with E-state index in [1.807, 2.05) is 6.92 Å². The van der Waals surface area contributed by atoms with Crippen molar-refractivity contribution in [2.75, 3.05) is 20.2 Å². The number of aliphatic hydroxyl groups is 1. The number of aliphatic hydroxyl groups excluding tert-OH is 1. The van der Waals surface area contributed by atoms with Crippen molar-refractivity contribution in [1.82, 2.24) is 4.90 Å². The molecule has 3 heteroatoms. The Hall–Kier alpha value is -0.120. The molecule has 1 aliphatic carbocycles. The highest BCUT2D eigenvalue weighted by molar-refractivity contribution is 4.81. The quantitative estimate of drug-likeness (QED) is 0.751. The van der Waals surface area contributed by atoms with Gasteiger partial charge < -0.3 is 15.7 Å². The van der Waals surface area contributed by atoms with Gasteiger partial charge in [-0.25, -0.2) is 0 Å². The van der Waals surface area contributed by atoms with E-state index >= 15 is 0 Å². The summed E-state index contributed by atoms with van der Waals surface area (Å²) in [6.45, 7) is 5.33. The average Bonchev–Trinajstić information content (AvgIpc) is 2.27. The van der Waals surface area contributed by atoms with Crippen LogP contribution in [0.2, 0.25) is 0 Å². The zero-order chi connectivity index (χ0) is 12.2. The average molecular weight is 228 g/mol. The van der Waals surface area contributed by atoms with E-state index in [0.29, 0.717) is 0 Å². The molecule has 96 valence electrons. The molecule has 0 heterocycles. The summed E-state index contributed by atoms with van der Waals surface area (Å²) >= 11 is 0. The summed E-state index contributed by atoms with van der Waals surface area (Å²) in [5.41, 5.74) is 5.52. The van der Waals surface area contributed by atoms with Gasteiger partial charge in [0, 0.05) is 11.6 Å². The van der Waals surface area contributed by atoms with Gasteiger partial charge in [-0.15, -0.1) is 0 Å². The molecule has 0 saturated heterocycles. The summed E-state index contributed by atoms with van der Waals surface area (Å²) in [5.74, 6) is 0.905. The van der Waals surface area contributed by atoms with Gasteiger partial charge in [-0.05, 0) is 58.5 Å². The van der Waals surface area contributed by atoms with Crippen LogP contribution in [0.3, 0.4) is 0 Å². The summed E-state index contributed by atoms with van der Waals surface area (Å²) in [6, 6.07) is 0.727. The summed E-state index contributed by atoms with van der Waals surface area (Å²) < 4.78 is 0. The molecule has 0 aromatic rings. The molecule has 0 amide bonds. The van der Waals surface area contributed by atoms with Crippen LogP contribution >= 0.6 is 0 Å². The number of hydrogen-bond donors (Lipinski definition) is 2.